The number of carbonyl (C=O) groups is 2. The number of nitrogens with zero attached hydrogens (tertiary/aromatic N) is 3. The first-order valence-corrected chi connectivity index (χ1v) is 8.41. The predicted octanol–water partition coefficient (Wildman–Crippen LogP) is 1.12. The van der Waals surface area contributed by atoms with Gasteiger partial charge in [0.1, 0.15) is 6.10 Å². The Kier molecular flexibility index (Phi) is 4.19. The molecule has 2 aromatic rings. The van der Waals surface area contributed by atoms with Gasteiger partial charge in [-0.3, -0.25) is 9.59 Å². The molecule has 2 aliphatic rings. The van der Waals surface area contributed by atoms with E-state index in [0.717, 1.165) is 24.0 Å². The molecule has 2 amide bonds. The Morgan fingerprint density at radius 2 is 1.92 bits per heavy atom. The van der Waals surface area contributed by atoms with E-state index in [1.54, 1.807) is 4.90 Å². The van der Waals surface area contributed by atoms with Gasteiger partial charge in [-0.15, -0.1) is 10.2 Å². The Bertz CT molecular complexity index is 797. The lowest BCUT2D eigenvalue weighted by molar-refractivity contribution is -0.129. The van der Waals surface area contributed by atoms with Crippen molar-refractivity contribution < 1.29 is 14.3 Å². The molecule has 2 N–H and O–H groups in total. The summed E-state index contributed by atoms with van der Waals surface area (Å²) in [5.41, 5.74) is 2.34. The van der Waals surface area contributed by atoms with E-state index in [-0.39, 0.29) is 23.3 Å². The standard InChI is InChI=1S/C17H19N5O3/c23-16(13-9-11-5-1-2-6-12(11)10-25-13)18-15-14(19-21-20-15)17(24)22-7-3-4-8-22/h1-2,5-6,13H,3-4,7-10H2,(H2,18,19,20,21,23). The number of hydrogen-bond acceptors (Lipinski definition) is 5. The Morgan fingerprint density at radius 1 is 1.16 bits per heavy atom. The van der Waals surface area contributed by atoms with Gasteiger partial charge in [0.25, 0.3) is 11.8 Å². The zero-order valence-corrected chi connectivity index (χ0v) is 13.7. The second kappa shape index (κ2) is 6.64. The van der Waals surface area contributed by atoms with Crippen molar-refractivity contribution in [3.63, 3.8) is 0 Å². The molecule has 130 valence electrons. The van der Waals surface area contributed by atoms with Crippen LogP contribution in [0.15, 0.2) is 24.3 Å². The van der Waals surface area contributed by atoms with E-state index in [9.17, 15) is 9.59 Å². The smallest absolute Gasteiger partial charge is 0.278 e. The van der Waals surface area contributed by atoms with Crippen LogP contribution in [0.2, 0.25) is 0 Å². The average molecular weight is 341 g/mol. The highest BCUT2D eigenvalue weighted by Gasteiger charge is 2.29. The summed E-state index contributed by atoms with van der Waals surface area (Å²) in [7, 11) is 0. The van der Waals surface area contributed by atoms with Crippen molar-refractivity contribution >= 4 is 17.6 Å². The van der Waals surface area contributed by atoms with Gasteiger partial charge in [-0.2, -0.15) is 5.21 Å². The van der Waals surface area contributed by atoms with E-state index < -0.39 is 6.10 Å². The molecule has 4 rings (SSSR count). The van der Waals surface area contributed by atoms with Crippen LogP contribution in [-0.4, -0.2) is 51.3 Å². The first kappa shape index (κ1) is 15.8. The summed E-state index contributed by atoms with van der Waals surface area (Å²) >= 11 is 0. The lowest BCUT2D eigenvalue weighted by atomic mass is 9.99. The van der Waals surface area contributed by atoms with Gasteiger partial charge in [-0.05, 0) is 24.0 Å². The summed E-state index contributed by atoms with van der Waals surface area (Å²) in [6.07, 6.45) is 1.86. The third kappa shape index (κ3) is 3.12. The summed E-state index contributed by atoms with van der Waals surface area (Å²) in [5, 5.41) is 12.9. The quantitative estimate of drug-likeness (QED) is 0.871. The largest absolute Gasteiger partial charge is 0.363 e. The molecule has 0 radical (unpaired) electrons. The van der Waals surface area contributed by atoms with E-state index in [0.29, 0.717) is 26.1 Å². The average Bonchev–Trinajstić information content (AvgIpc) is 3.32. The van der Waals surface area contributed by atoms with Crippen LogP contribution in [-0.2, 0) is 22.6 Å². The van der Waals surface area contributed by atoms with Gasteiger partial charge in [-0.25, -0.2) is 0 Å². The molecule has 1 atom stereocenters. The number of fused-ring (bicyclic) bond motifs is 1. The number of hydrogen-bond donors (Lipinski definition) is 2. The molecule has 1 unspecified atom stereocenters. The van der Waals surface area contributed by atoms with Crippen LogP contribution in [0.4, 0.5) is 5.82 Å². The van der Waals surface area contributed by atoms with E-state index in [1.807, 2.05) is 24.3 Å². The molecule has 0 saturated carbocycles. The number of carbonyl (C=O) groups excluding carboxylic acids is 2. The first-order valence-electron chi connectivity index (χ1n) is 8.41. The molecular weight excluding hydrogens is 322 g/mol. The molecular formula is C17H19N5O3. The topological polar surface area (TPSA) is 100 Å². The number of anilines is 1. The molecule has 8 nitrogen and oxygen atoms in total. The second-order valence-corrected chi connectivity index (χ2v) is 6.28. The number of aromatic nitrogens is 3. The van der Waals surface area contributed by atoms with Crippen molar-refractivity contribution in [2.75, 3.05) is 18.4 Å². The predicted molar refractivity (Wildman–Crippen MR) is 88.9 cm³/mol. The number of amides is 2. The van der Waals surface area contributed by atoms with Gasteiger partial charge in [0, 0.05) is 19.5 Å². The summed E-state index contributed by atoms with van der Waals surface area (Å²) in [6, 6.07) is 7.89. The molecule has 0 aliphatic carbocycles. The molecule has 8 heteroatoms. The lowest BCUT2D eigenvalue weighted by Crippen LogP contribution is -2.36. The number of rotatable bonds is 3. The highest BCUT2D eigenvalue weighted by atomic mass is 16.5. The zero-order valence-electron chi connectivity index (χ0n) is 13.7. The fraction of sp³-hybridized carbons (Fsp3) is 0.412. The third-order valence-electron chi connectivity index (χ3n) is 4.64. The Morgan fingerprint density at radius 3 is 2.72 bits per heavy atom. The maximum Gasteiger partial charge on any atom is 0.278 e. The monoisotopic (exact) mass is 341 g/mol. The molecule has 1 aromatic heterocycles. The fourth-order valence-corrected chi connectivity index (χ4v) is 3.25. The Balaban J connectivity index is 1.45. The molecule has 0 bridgehead atoms. The summed E-state index contributed by atoms with van der Waals surface area (Å²) < 4.78 is 5.65. The van der Waals surface area contributed by atoms with Crippen LogP contribution < -0.4 is 5.32 Å². The van der Waals surface area contributed by atoms with Crippen molar-refractivity contribution in [3.05, 3.63) is 41.1 Å². The van der Waals surface area contributed by atoms with Crippen molar-refractivity contribution in [1.29, 1.82) is 0 Å². The minimum atomic E-state index is -0.610. The number of benzene rings is 1. The SMILES string of the molecule is O=C(Nc1n[nH]nc1C(=O)N1CCCC1)C1Cc2ccccc2CO1. The van der Waals surface area contributed by atoms with E-state index >= 15 is 0 Å². The molecule has 1 fully saturated rings. The zero-order chi connectivity index (χ0) is 17.2. The maximum absolute atomic E-state index is 12.5. The maximum atomic E-state index is 12.5. The second-order valence-electron chi connectivity index (χ2n) is 6.28. The van der Waals surface area contributed by atoms with Gasteiger partial charge in [-0.1, -0.05) is 24.3 Å². The van der Waals surface area contributed by atoms with Crippen molar-refractivity contribution in [2.45, 2.75) is 32.0 Å². The summed E-state index contributed by atoms with van der Waals surface area (Å²) in [5.74, 6) is -0.375. The van der Waals surface area contributed by atoms with Crippen molar-refractivity contribution in [3.8, 4) is 0 Å². The Labute approximate surface area is 144 Å². The van der Waals surface area contributed by atoms with E-state index in [1.165, 1.54) is 0 Å². The number of H-pyrrole nitrogens is 1. The Hall–Kier alpha value is -2.74. The molecule has 25 heavy (non-hydrogen) atoms. The highest BCUT2D eigenvalue weighted by Crippen LogP contribution is 2.22. The van der Waals surface area contributed by atoms with E-state index in [2.05, 4.69) is 20.7 Å². The fourth-order valence-electron chi connectivity index (χ4n) is 3.25. The first-order chi connectivity index (χ1) is 12.2. The van der Waals surface area contributed by atoms with Gasteiger partial charge < -0.3 is 15.0 Å². The number of ether oxygens (including phenoxy) is 1. The highest BCUT2D eigenvalue weighted by molar-refractivity contribution is 6.02. The molecule has 0 spiro atoms. The summed E-state index contributed by atoms with van der Waals surface area (Å²) in [6.45, 7) is 1.82. The van der Waals surface area contributed by atoms with Crippen LogP contribution >= 0.6 is 0 Å². The molecule has 1 aromatic carbocycles. The number of aromatic amines is 1. The minimum absolute atomic E-state index is 0.145. The lowest BCUT2D eigenvalue weighted by Gasteiger charge is -2.24. The van der Waals surface area contributed by atoms with Crippen LogP contribution in [0.1, 0.15) is 34.5 Å². The van der Waals surface area contributed by atoms with E-state index in [4.69, 9.17) is 4.74 Å². The van der Waals surface area contributed by atoms with Gasteiger partial charge in [0.2, 0.25) is 0 Å². The third-order valence-corrected chi connectivity index (χ3v) is 4.64. The number of nitrogens with one attached hydrogen (secondary N) is 2. The van der Waals surface area contributed by atoms with Crippen molar-refractivity contribution in [2.24, 2.45) is 0 Å². The van der Waals surface area contributed by atoms with Gasteiger partial charge >= 0.3 is 0 Å². The molecule has 1 saturated heterocycles. The van der Waals surface area contributed by atoms with Crippen LogP contribution in [0, 0.1) is 0 Å². The molecule has 2 aliphatic heterocycles. The van der Waals surface area contributed by atoms with Crippen LogP contribution in [0.3, 0.4) is 0 Å². The van der Waals surface area contributed by atoms with Crippen LogP contribution in [0.25, 0.3) is 0 Å². The normalized spacial score (nSPS) is 19.5. The van der Waals surface area contributed by atoms with Gasteiger partial charge in [0.15, 0.2) is 11.5 Å². The molecule has 3 heterocycles. The van der Waals surface area contributed by atoms with Crippen molar-refractivity contribution in [1.82, 2.24) is 20.3 Å². The summed E-state index contributed by atoms with van der Waals surface area (Å²) in [4.78, 5) is 26.7. The minimum Gasteiger partial charge on any atom is -0.363 e. The van der Waals surface area contributed by atoms with Crippen LogP contribution in [0.5, 0.6) is 0 Å². The van der Waals surface area contributed by atoms with Gasteiger partial charge in [0.05, 0.1) is 6.61 Å². The number of likely N-dealkylation sites (tertiary alicyclic amines) is 1.